The average molecular weight is 709 g/mol. The summed E-state index contributed by atoms with van der Waals surface area (Å²) in [5, 5.41) is 9.97. The van der Waals surface area contributed by atoms with E-state index in [4.69, 9.17) is 15.0 Å². The molecule has 0 N–H and O–H groups in total. The first-order valence-corrected chi connectivity index (χ1v) is 19.8. The molecule has 55 heavy (non-hydrogen) atoms. The van der Waals surface area contributed by atoms with Crippen molar-refractivity contribution in [2.24, 2.45) is 17.8 Å². The second kappa shape index (κ2) is 12.4. The van der Waals surface area contributed by atoms with Crippen LogP contribution >= 0.6 is 0 Å². The molecule has 0 amide bonds. The van der Waals surface area contributed by atoms with Crippen LogP contribution in [-0.2, 0) is 10.8 Å². The van der Waals surface area contributed by atoms with Crippen LogP contribution in [-0.4, -0.2) is 15.0 Å². The maximum Gasteiger partial charge on any atom is 0.164 e. The highest BCUT2D eigenvalue weighted by Crippen LogP contribution is 2.61. The highest BCUT2D eigenvalue weighted by Gasteiger charge is 2.51. The summed E-state index contributed by atoms with van der Waals surface area (Å²) >= 11 is 0. The summed E-state index contributed by atoms with van der Waals surface area (Å²) in [5.74, 6) is 4.73. The van der Waals surface area contributed by atoms with Gasteiger partial charge >= 0.3 is 0 Å². The Bertz CT molecular complexity index is 2600. The molecule has 4 saturated carbocycles. The Hall–Kier alpha value is -6.18. The number of hydrogen-bond acceptors (Lipinski definition) is 4. The summed E-state index contributed by atoms with van der Waals surface area (Å²) in [6.07, 6.45) is 8.39. The minimum atomic E-state index is -0.601. The number of aromatic nitrogens is 3. The van der Waals surface area contributed by atoms with E-state index in [2.05, 4.69) is 121 Å². The van der Waals surface area contributed by atoms with Crippen molar-refractivity contribution in [2.75, 3.05) is 0 Å². The molecule has 0 radical (unpaired) electrons. The van der Waals surface area contributed by atoms with Crippen LogP contribution in [0, 0.1) is 29.1 Å². The summed E-state index contributed by atoms with van der Waals surface area (Å²) in [7, 11) is 0. The zero-order chi connectivity index (χ0) is 36.6. The Balaban J connectivity index is 1.06. The van der Waals surface area contributed by atoms with E-state index in [1.165, 1.54) is 60.8 Å². The van der Waals surface area contributed by atoms with E-state index in [-0.39, 0.29) is 0 Å². The monoisotopic (exact) mass is 708 g/mol. The van der Waals surface area contributed by atoms with Gasteiger partial charge in [-0.1, -0.05) is 133 Å². The molecule has 4 heteroatoms. The van der Waals surface area contributed by atoms with Crippen molar-refractivity contribution in [1.82, 2.24) is 15.0 Å². The fraction of sp³-hybridized carbons (Fsp3) is 0.216. The first kappa shape index (κ1) is 32.3. The van der Waals surface area contributed by atoms with E-state index in [1.54, 1.807) is 0 Å². The molecule has 4 fully saturated rings. The van der Waals surface area contributed by atoms with E-state index in [0.29, 0.717) is 28.5 Å². The maximum atomic E-state index is 9.97. The second-order valence-corrected chi connectivity index (χ2v) is 16.6. The highest BCUT2D eigenvalue weighted by atomic mass is 15.0. The third-order valence-corrected chi connectivity index (χ3v) is 13.4. The van der Waals surface area contributed by atoms with Crippen LogP contribution in [0.15, 0.2) is 152 Å². The van der Waals surface area contributed by atoms with Gasteiger partial charge < -0.3 is 0 Å². The molecule has 12 rings (SSSR count). The second-order valence-electron chi connectivity index (χ2n) is 16.6. The molecule has 1 aromatic heterocycles. The Morgan fingerprint density at radius 3 is 1.67 bits per heavy atom. The Kier molecular flexibility index (Phi) is 7.29. The van der Waals surface area contributed by atoms with Crippen LogP contribution in [0.3, 0.4) is 0 Å². The summed E-state index contributed by atoms with van der Waals surface area (Å²) < 4.78 is 0. The van der Waals surface area contributed by atoms with Gasteiger partial charge in [0.25, 0.3) is 0 Å². The quantitative estimate of drug-likeness (QED) is 0.172. The molecular weight excluding hydrogens is 669 g/mol. The molecule has 0 saturated heterocycles. The molecule has 1 unspecified atom stereocenters. The number of hydrogen-bond donors (Lipinski definition) is 0. The molecule has 5 aliphatic rings. The first-order chi connectivity index (χ1) is 27.1. The van der Waals surface area contributed by atoms with E-state index in [0.717, 1.165) is 51.1 Å². The van der Waals surface area contributed by atoms with Gasteiger partial charge in [0.1, 0.15) is 0 Å². The van der Waals surface area contributed by atoms with Crippen LogP contribution < -0.4 is 0 Å². The summed E-state index contributed by atoms with van der Waals surface area (Å²) in [5.41, 5.74) is 11.7. The number of benzene rings is 6. The highest BCUT2D eigenvalue weighted by molar-refractivity contribution is 5.88. The van der Waals surface area contributed by atoms with Gasteiger partial charge in [0.2, 0.25) is 0 Å². The molecule has 1 heterocycles. The molecule has 1 atom stereocenters. The lowest BCUT2D eigenvalue weighted by Crippen LogP contribution is -2.48. The molecule has 4 bridgehead atoms. The van der Waals surface area contributed by atoms with Crippen LogP contribution in [0.4, 0.5) is 0 Å². The van der Waals surface area contributed by atoms with Crippen molar-refractivity contribution in [3.05, 3.63) is 185 Å². The fourth-order valence-electron chi connectivity index (χ4n) is 11.5. The lowest BCUT2D eigenvalue weighted by Gasteiger charge is -2.57. The van der Waals surface area contributed by atoms with Gasteiger partial charge in [-0.15, -0.1) is 0 Å². The third-order valence-electron chi connectivity index (χ3n) is 13.4. The van der Waals surface area contributed by atoms with Crippen LogP contribution in [0.5, 0.6) is 0 Å². The Labute approximate surface area is 322 Å². The van der Waals surface area contributed by atoms with Gasteiger partial charge in [-0.2, -0.15) is 5.26 Å². The SMILES string of the molecule is N#Cc1cccc(C2(c3ccccc3)c3ccccc3-c3cc(-c4nc(-c5ccccc5)nc(-c5ccc(C67C[C@H]8C[C@@H](C6)C[C@@H](C7)C8)cc5)n4)ccc32)c1. The molecule has 4 nitrogen and oxygen atoms in total. The van der Waals surface area contributed by atoms with E-state index >= 15 is 0 Å². The molecular formula is C51H40N4. The molecule has 7 aromatic rings. The lowest BCUT2D eigenvalue weighted by molar-refractivity contribution is -0.00518. The predicted octanol–water partition coefficient (Wildman–Crippen LogP) is 11.6. The largest absolute Gasteiger partial charge is 0.208 e. The number of nitriles is 1. The standard InChI is InChI=1S/C51H40N4/c52-32-33-10-9-15-42(27-33)51(41-13-5-2-6-14-41)45-17-8-7-16-43(45)44-28-39(20-23-46(44)51)49-54-47(37-11-3-1-4-12-37)53-48(55-49)38-18-21-40(22-19-38)50-29-34-24-35(30-50)26-36(25-34)31-50/h1-23,27-28,34-36H,24-26,29-31H2/t34-,35+,36-,50?,51?. The van der Waals surface area contributed by atoms with Crippen LogP contribution in [0.2, 0.25) is 0 Å². The molecule has 0 spiro atoms. The van der Waals surface area contributed by atoms with Gasteiger partial charge in [-0.3, -0.25) is 0 Å². The van der Waals surface area contributed by atoms with Crippen LogP contribution in [0.25, 0.3) is 45.3 Å². The van der Waals surface area contributed by atoms with E-state index in [1.807, 2.05) is 36.4 Å². The average Bonchev–Trinajstić information content (AvgIpc) is 3.54. The smallest absolute Gasteiger partial charge is 0.164 e. The molecule has 6 aromatic carbocycles. The first-order valence-electron chi connectivity index (χ1n) is 19.8. The molecule has 264 valence electrons. The lowest BCUT2D eigenvalue weighted by atomic mass is 9.48. The molecule has 5 aliphatic carbocycles. The minimum Gasteiger partial charge on any atom is -0.208 e. The topological polar surface area (TPSA) is 62.5 Å². The normalized spacial score (nSPS) is 24.2. The summed E-state index contributed by atoms with van der Waals surface area (Å²) in [6, 6.07) is 56.0. The Morgan fingerprint density at radius 2 is 1.00 bits per heavy atom. The van der Waals surface area contributed by atoms with Crippen molar-refractivity contribution < 1.29 is 0 Å². The van der Waals surface area contributed by atoms with Gasteiger partial charge in [0, 0.05) is 16.7 Å². The Morgan fingerprint density at radius 1 is 0.455 bits per heavy atom. The van der Waals surface area contributed by atoms with Crippen molar-refractivity contribution in [3.63, 3.8) is 0 Å². The van der Waals surface area contributed by atoms with Crippen molar-refractivity contribution >= 4 is 0 Å². The number of rotatable bonds is 6. The summed E-state index contributed by atoms with van der Waals surface area (Å²) in [4.78, 5) is 15.5. The zero-order valence-corrected chi connectivity index (χ0v) is 30.7. The van der Waals surface area contributed by atoms with E-state index in [9.17, 15) is 5.26 Å². The third kappa shape index (κ3) is 5.06. The van der Waals surface area contributed by atoms with Gasteiger partial charge in [-0.05, 0) is 119 Å². The van der Waals surface area contributed by atoms with Crippen molar-refractivity contribution in [2.45, 2.75) is 49.4 Å². The molecule has 0 aliphatic heterocycles. The summed E-state index contributed by atoms with van der Waals surface area (Å²) in [6.45, 7) is 0. The number of fused-ring (bicyclic) bond motifs is 3. The van der Waals surface area contributed by atoms with Gasteiger partial charge in [0.05, 0.1) is 17.0 Å². The number of nitrogens with zero attached hydrogens (tertiary/aromatic N) is 4. The van der Waals surface area contributed by atoms with Gasteiger partial charge in [0.15, 0.2) is 17.5 Å². The van der Waals surface area contributed by atoms with Crippen LogP contribution in [0.1, 0.15) is 71.9 Å². The van der Waals surface area contributed by atoms with Crippen molar-refractivity contribution in [3.8, 4) is 51.4 Å². The predicted molar refractivity (Wildman–Crippen MR) is 218 cm³/mol. The minimum absolute atomic E-state index is 0.346. The zero-order valence-electron chi connectivity index (χ0n) is 30.7. The van der Waals surface area contributed by atoms with Gasteiger partial charge in [-0.25, -0.2) is 15.0 Å². The van der Waals surface area contributed by atoms with E-state index < -0.39 is 5.41 Å². The fourth-order valence-corrected chi connectivity index (χ4v) is 11.5. The van der Waals surface area contributed by atoms with Crippen molar-refractivity contribution in [1.29, 1.82) is 5.26 Å². The maximum absolute atomic E-state index is 9.97.